The monoisotopic (exact) mass is 642 g/mol. The third-order valence-corrected chi connectivity index (χ3v) is 11.7. The zero-order chi connectivity index (χ0) is 34.1. The van der Waals surface area contributed by atoms with Crippen LogP contribution in [0.25, 0.3) is 0 Å². The standard InChI is InChI=1S/C34H62N2O9/c1-12-26-34(10,41)29(37)21(5)28(36-45-24-13-14-35-17-24)18(2)15-32(8,40)22(6)19(3)27(20(4)31(39)44-26)25-16-33(9,42-11)30(38)23(7)43-25/h18-27,29-30,35,37-38,40-41H,12-17H2,1-11H3/b36-28+/t18-,19-,20-,21+,22-,23+,24-,25?,26-,27+,29-,30+,32-,33-,34-/m1/s1. The molecule has 0 saturated carbocycles. The number of aliphatic hydroxyl groups excluding tert-OH is 2. The molecule has 0 aromatic heterocycles. The van der Waals surface area contributed by atoms with Gasteiger partial charge in [-0.05, 0) is 58.9 Å². The summed E-state index contributed by atoms with van der Waals surface area (Å²) in [6.45, 7) is 19.8. The van der Waals surface area contributed by atoms with Crippen LogP contribution in [-0.2, 0) is 23.8 Å². The molecule has 262 valence electrons. The highest BCUT2D eigenvalue weighted by molar-refractivity contribution is 5.88. The lowest BCUT2D eigenvalue weighted by molar-refractivity contribution is -0.236. The van der Waals surface area contributed by atoms with Crippen LogP contribution in [0.4, 0.5) is 0 Å². The minimum absolute atomic E-state index is 0.108. The summed E-state index contributed by atoms with van der Waals surface area (Å²) in [6.07, 6.45) is -2.64. The number of nitrogens with one attached hydrogen (secondary N) is 1. The van der Waals surface area contributed by atoms with Gasteiger partial charge in [0.15, 0.2) is 0 Å². The van der Waals surface area contributed by atoms with E-state index < -0.39 is 71.0 Å². The van der Waals surface area contributed by atoms with Crippen molar-refractivity contribution in [2.45, 2.75) is 148 Å². The van der Waals surface area contributed by atoms with E-state index in [0.717, 1.165) is 13.0 Å². The van der Waals surface area contributed by atoms with Crippen molar-refractivity contribution in [1.82, 2.24) is 5.32 Å². The highest BCUT2D eigenvalue weighted by Crippen LogP contribution is 2.45. The zero-order valence-electron chi connectivity index (χ0n) is 29.4. The van der Waals surface area contributed by atoms with Gasteiger partial charge in [0.25, 0.3) is 0 Å². The summed E-state index contributed by atoms with van der Waals surface area (Å²) in [7, 11) is 1.56. The Balaban J connectivity index is 2.11. The molecule has 3 rings (SSSR count). The topological polar surface area (TPSA) is 159 Å². The predicted molar refractivity (Wildman–Crippen MR) is 172 cm³/mol. The van der Waals surface area contributed by atoms with Crippen molar-refractivity contribution in [2.24, 2.45) is 40.7 Å². The van der Waals surface area contributed by atoms with Crippen LogP contribution in [0, 0.1) is 35.5 Å². The average molecular weight is 643 g/mol. The molecule has 0 spiro atoms. The van der Waals surface area contributed by atoms with Gasteiger partial charge in [-0.25, -0.2) is 0 Å². The van der Waals surface area contributed by atoms with Gasteiger partial charge in [0.2, 0.25) is 0 Å². The second kappa shape index (κ2) is 14.8. The maximum atomic E-state index is 14.0. The third-order valence-electron chi connectivity index (χ3n) is 11.7. The fourth-order valence-electron chi connectivity index (χ4n) is 8.13. The summed E-state index contributed by atoms with van der Waals surface area (Å²) in [5.41, 5.74) is -3.40. The number of aliphatic hydroxyl groups is 4. The van der Waals surface area contributed by atoms with Gasteiger partial charge in [-0.15, -0.1) is 0 Å². The highest BCUT2D eigenvalue weighted by atomic mass is 16.6. The van der Waals surface area contributed by atoms with Crippen molar-refractivity contribution in [3.05, 3.63) is 0 Å². The number of esters is 1. The number of carbonyl (C=O) groups excluding carboxylic acids is 1. The fourth-order valence-corrected chi connectivity index (χ4v) is 8.13. The Bertz CT molecular complexity index is 1020. The molecular weight excluding hydrogens is 580 g/mol. The van der Waals surface area contributed by atoms with Gasteiger partial charge in [-0.2, -0.15) is 0 Å². The molecule has 3 aliphatic rings. The fraction of sp³-hybridized carbons (Fsp3) is 0.941. The van der Waals surface area contributed by atoms with Crippen molar-refractivity contribution in [1.29, 1.82) is 0 Å². The molecule has 0 radical (unpaired) electrons. The summed E-state index contributed by atoms with van der Waals surface area (Å²) in [5.74, 6) is -3.18. The van der Waals surface area contributed by atoms with E-state index in [0.29, 0.717) is 25.1 Å². The summed E-state index contributed by atoms with van der Waals surface area (Å²) < 4.78 is 18.3. The first-order valence-electron chi connectivity index (χ1n) is 17.0. The number of hydrogen-bond donors (Lipinski definition) is 5. The second-order valence-corrected chi connectivity index (χ2v) is 15.1. The van der Waals surface area contributed by atoms with Crippen LogP contribution >= 0.6 is 0 Å². The Morgan fingerprint density at radius 3 is 2.20 bits per heavy atom. The summed E-state index contributed by atoms with van der Waals surface area (Å²) in [6, 6.07) is 0. The normalized spacial score (nSPS) is 50.2. The van der Waals surface area contributed by atoms with Crippen molar-refractivity contribution >= 4 is 11.7 Å². The maximum Gasteiger partial charge on any atom is 0.309 e. The summed E-state index contributed by atoms with van der Waals surface area (Å²) >= 11 is 0. The minimum atomic E-state index is -1.81. The van der Waals surface area contributed by atoms with Gasteiger partial charge in [-0.1, -0.05) is 46.7 Å². The molecule has 0 amide bonds. The second-order valence-electron chi connectivity index (χ2n) is 15.1. The lowest BCUT2D eigenvalue weighted by atomic mass is 9.65. The van der Waals surface area contributed by atoms with E-state index in [1.807, 2.05) is 34.6 Å². The van der Waals surface area contributed by atoms with Crippen molar-refractivity contribution in [2.75, 3.05) is 20.2 Å². The Morgan fingerprint density at radius 1 is 1.00 bits per heavy atom. The molecule has 0 aliphatic carbocycles. The van der Waals surface area contributed by atoms with Crippen molar-refractivity contribution in [3.8, 4) is 0 Å². The first-order valence-corrected chi connectivity index (χ1v) is 17.0. The van der Waals surface area contributed by atoms with Gasteiger partial charge in [0, 0.05) is 44.2 Å². The molecule has 3 fully saturated rings. The maximum absolute atomic E-state index is 14.0. The molecule has 0 bridgehead atoms. The molecule has 11 nitrogen and oxygen atoms in total. The minimum Gasteiger partial charge on any atom is -0.459 e. The third kappa shape index (κ3) is 8.04. The van der Waals surface area contributed by atoms with E-state index >= 15 is 0 Å². The number of ether oxygens (including phenoxy) is 3. The number of cyclic esters (lactones) is 1. The summed E-state index contributed by atoms with van der Waals surface area (Å²) in [5, 5.41) is 54.3. The van der Waals surface area contributed by atoms with Crippen molar-refractivity contribution < 1.29 is 44.3 Å². The highest BCUT2D eigenvalue weighted by Gasteiger charge is 2.53. The summed E-state index contributed by atoms with van der Waals surface area (Å²) in [4.78, 5) is 19.9. The van der Waals surface area contributed by atoms with Crippen LogP contribution in [0.2, 0.25) is 0 Å². The molecular formula is C34H62N2O9. The van der Waals surface area contributed by atoms with E-state index in [9.17, 15) is 25.2 Å². The Hall–Kier alpha value is -1.34. The molecule has 0 aromatic rings. The molecule has 3 aliphatic heterocycles. The molecule has 11 heteroatoms. The number of rotatable bonds is 5. The van der Waals surface area contributed by atoms with E-state index in [1.54, 1.807) is 34.8 Å². The number of oxime groups is 1. The van der Waals surface area contributed by atoms with Crippen molar-refractivity contribution in [3.63, 3.8) is 0 Å². The lowest BCUT2D eigenvalue weighted by Crippen LogP contribution is -2.60. The van der Waals surface area contributed by atoms with Crippen LogP contribution in [0.1, 0.15) is 94.9 Å². The van der Waals surface area contributed by atoms with Gasteiger partial charge in [-0.3, -0.25) is 4.79 Å². The van der Waals surface area contributed by atoms with Gasteiger partial charge < -0.3 is 44.8 Å². The number of methoxy groups -OCH3 is 1. The SMILES string of the molecule is CC[C@H]1OC(=O)[C@H](C)[C@@H](C2C[C@@](C)(OC)[C@@H](O)[C@H](C)O2)[C@H](C)[C@@H](C)[C@](C)(O)C[C@@H](C)/C(=N\O[C@@H]2CCNC2)[C@H](C)[C@@H](O)[C@]1(C)O. The molecule has 0 aromatic carbocycles. The predicted octanol–water partition coefficient (Wildman–Crippen LogP) is 3.05. The van der Waals surface area contributed by atoms with E-state index in [1.165, 1.54) is 6.92 Å². The number of carbonyl (C=O) groups is 1. The van der Waals surface area contributed by atoms with Crippen LogP contribution in [0.5, 0.6) is 0 Å². The Morgan fingerprint density at radius 2 is 1.64 bits per heavy atom. The van der Waals surface area contributed by atoms with Crippen LogP contribution in [0.3, 0.4) is 0 Å². The quantitative estimate of drug-likeness (QED) is 0.223. The van der Waals surface area contributed by atoms with Gasteiger partial charge in [0.05, 0.1) is 41.1 Å². The Labute approximate surface area is 270 Å². The van der Waals surface area contributed by atoms with E-state index in [4.69, 9.17) is 19.0 Å². The lowest BCUT2D eigenvalue weighted by Gasteiger charge is -2.50. The largest absolute Gasteiger partial charge is 0.459 e. The van der Waals surface area contributed by atoms with E-state index in [-0.39, 0.29) is 30.3 Å². The first kappa shape index (κ1) is 38.1. The number of nitrogens with zero attached hydrogens (tertiary/aromatic N) is 1. The molecule has 3 saturated heterocycles. The van der Waals surface area contributed by atoms with Gasteiger partial charge >= 0.3 is 5.97 Å². The van der Waals surface area contributed by atoms with Gasteiger partial charge in [0.1, 0.15) is 23.9 Å². The first-order chi connectivity index (χ1) is 20.8. The smallest absolute Gasteiger partial charge is 0.309 e. The average Bonchev–Trinajstić information content (AvgIpc) is 3.50. The molecule has 45 heavy (non-hydrogen) atoms. The zero-order valence-corrected chi connectivity index (χ0v) is 29.4. The molecule has 1 unspecified atom stereocenters. The van der Waals surface area contributed by atoms with Crippen LogP contribution in [0.15, 0.2) is 5.16 Å². The number of hydrogen-bond acceptors (Lipinski definition) is 11. The molecule has 5 N–H and O–H groups in total. The van der Waals surface area contributed by atoms with Crippen LogP contribution < -0.4 is 5.32 Å². The Kier molecular flexibility index (Phi) is 12.6. The molecule has 3 heterocycles. The molecule has 15 atom stereocenters. The van der Waals surface area contributed by atoms with E-state index in [2.05, 4.69) is 10.5 Å². The van der Waals surface area contributed by atoms with Crippen LogP contribution in [-0.4, -0.2) is 106 Å².